The number of benzene rings is 1. The van der Waals surface area contributed by atoms with Gasteiger partial charge >= 0.3 is 0 Å². The first-order valence-corrected chi connectivity index (χ1v) is 6.69. The van der Waals surface area contributed by atoms with E-state index in [4.69, 9.17) is 5.73 Å². The Balaban J connectivity index is 2.10. The van der Waals surface area contributed by atoms with Crippen molar-refractivity contribution >= 4 is 0 Å². The standard InChI is InChI=1S/C15H24N2/c1-3-17(11-13-7-5-4-6-8-13)15(2,12-16)14-9-10-14/h4-8,14H,3,9-12,16H2,1-2H3. The summed E-state index contributed by atoms with van der Waals surface area (Å²) < 4.78 is 0. The van der Waals surface area contributed by atoms with Crippen molar-refractivity contribution in [3.05, 3.63) is 35.9 Å². The van der Waals surface area contributed by atoms with Gasteiger partial charge < -0.3 is 5.73 Å². The highest BCUT2D eigenvalue weighted by molar-refractivity contribution is 5.15. The van der Waals surface area contributed by atoms with E-state index in [1.807, 2.05) is 0 Å². The molecule has 1 unspecified atom stereocenters. The van der Waals surface area contributed by atoms with Crippen molar-refractivity contribution in [1.82, 2.24) is 4.90 Å². The van der Waals surface area contributed by atoms with Crippen LogP contribution in [0.25, 0.3) is 0 Å². The van der Waals surface area contributed by atoms with Crippen LogP contribution in [0.1, 0.15) is 32.3 Å². The molecule has 0 spiro atoms. The van der Waals surface area contributed by atoms with Crippen LogP contribution in [-0.4, -0.2) is 23.5 Å². The number of rotatable bonds is 6. The maximum absolute atomic E-state index is 6.04. The summed E-state index contributed by atoms with van der Waals surface area (Å²) in [6.45, 7) is 7.41. The van der Waals surface area contributed by atoms with Crippen molar-refractivity contribution in [2.24, 2.45) is 11.7 Å². The monoisotopic (exact) mass is 232 g/mol. The SMILES string of the molecule is CCN(Cc1ccccc1)C(C)(CN)C1CC1. The van der Waals surface area contributed by atoms with Crippen molar-refractivity contribution < 1.29 is 0 Å². The zero-order chi connectivity index (χ0) is 12.3. The third kappa shape index (κ3) is 2.70. The van der Waals surface area contributed by atoms with E-state index in [1.54, 1.807) is 0 Å². The first-order valence-electron chi connectivity index (χ1n) is 6.69. The van der Waals surface area contributed by atoms with Crippen LogP contribution in [0.5, 0.6) is 0 Å². The second-order valence-electron chi connectivity index (χ2n) is 5.34. The summed E-state index contributed by atoms with van der Waals surface area (Å²) in [5.74, 6) is 0.802. The van der Waals surface area contributed by atoms with Crippen molar-refractivity contribution in [3.63, 3.8) is 0 Å². The molecular weight excluding hydrogens is 208 g/mol. The zero-order valence-electron chi connectivity index (χ0n) is 11.0. The van der Waals surface area contributed by atoms with Gasteiger partial charge in [0.25, 0.3) is 0 Å². The summed E-state index contributed by atoms with van der Waals surface area (Å²) in [6, 6.07) is 10.7. The van der Waals surface area contributed by atoms with Crippen LogP contribution >= 0.6 is 0 Å². The van der Waals surface area contributed by atoms with Gasteiger partial charge in [0.2, 0.25) is 0 Å². The predicted molar refractivity (Wildman–Crippen MR) is 72.7 cm³/mol. The number of nitrogens with two attached hydrogens (primary N) is 1. The Bertz CT molecular complexity index is 345. The van der Waals surface area contributed by atoms with Gasteiger partial charge in [-0.1, -0.05) is 37.3 Å². The van der Waals surface area contributed by atoms with Gasteiger partial charge in [-0.25, -0.2) is 0 Å². The van der Waals surface area contributed by atoms with Gasteiger partial charge in [-0.15, -0.1) is 0 Å². The first-order chi connectivity index (χ1) is 8.20. The fraction of sp³-hybridized carbons (Fsp3) is 0.600. The molecular formula is C15H24N2. The lowest BCUT2D eigenvalue weighted by molar-refractivity contribution is 0.0870. The largest absolute Gasteiger partial charge is 0.329 e. The second-order valence-corrected chi connectivity index (χ2v) is 5.34. The van der Waals surface area contributed by atoms with Crippen LogP contribution < -0.4 is 5.73 Å². The molecule has 1 fully saturated rings. The van der Waals surface area contributed by atoms with E-state index in [1.165, 1.54) is 18.4 Å². The van der Waals surface area contributed by atoms with Crippen LogP contribution in [0, 0.1) is 5.92 Å². The van der Waals surface area contributed by atoms with E-state index in [0.29, 0.717) is 0 Å². The first kappa shape index (κ1) is 12.6. The van der Waals surface area contributed by atoms with Gasteiger partial charge in [-0.2, -0.15) is 0 Å². The Hall–Kier alpha value is -0.860. The molecule has 1 saturated carbocycles. The van der Waals surface area contributed by atoms with Gasteiger partial charge in [0.1, 0.15) is 0 Å². The lowest BCUT2D eigenvalue weighted by atomic mass is 9.92. The normalized spacial score (nSPS) is 19.3. The zero-order valence-corrected chi connectivity index (χ0v) is 11.0. The van der Waals surface area contributed by atoms with Crippen LogP contribution in [0.4, 0.5) is 0 Å². The van der Waals surface area contributed by atoms with Crippen LogP contribution in [0.3, 0.4) is 0 Å². The average Bonchev–Trinajstić information content (AvgIpc) is 3.21. The fourth-order valence-electron chi connectivity index (χ4n) is 2.72. The minimum absolute atomic E-state index is 0.185. The highest BCUT2D eigenvalue weighted by Gasteiger charge is 2.43. The molecule has 0 aromatic heterocycles. The number of likely N-dealkylation sites (N-methyl/N-ethyl adjacent to an activating group) is 1. The summed E-state index contributed by atoms with van der Waals surface area (Å²) in [6.07, 6.45) is 2.69. The molecule has 17 heavy (non-hydrogen) atoms. The number of nitrogens with zero attached hydrogens (tertiary/aromatic N) is 1. The van der Waals surface area contributed by atoms with E-state index in [-0.39, 0.29) is 5.54 Å². The molecule has 94 valence electrons. The summed E-state index contributed by atoms with van der Waals surface area (Å²) in [7, 11) is 0. The maximum atomic E-state index is 6.04. The molecule has 0 bridgehead atoms. The molecule has 2 heteroatoms. The van der Waals surface area contributed by atoms with Gasteiger partial charge in [0.05, 0.1) is 0 Å². The minimum Gasteiger partial charge on any atom is -0.329 e. The molecule has 0 aliphatic heterocycles. The maximum Gasteiger partial charge on any atom is 0.0335 e. The van der Waals surface area contributed by atoms with Gasteiger partial charge in [0, 0.05) is 18.6 Å². The summed E-state index contributed by atoms with van der Waals surface area (Å²) in [5, 5.41) is 0. The van der Waals surface area contributed by atoms with E-state index < -0.39 is 0 Å². The van der Waals surface area contributed by atoms with Crippen LogP contribution in [0.2, 0.25) is 0 Å². The van der Waals surface area contributed by atoms with Gasteiger partial charge in [-0.3, -0.25) is 4.90 Å². The van der Waals surface area contributed by atoms with Crippen molar-refractivity contribution in [3.8, 4) is 0 Å². The summed E-state index contributed by atoms with van der Waals surface area (Å²) in [5.41, 5.74) is 7.61. The average molecular weight is 232 g/mol. The molecule has 0 heterocycles. The molecule has 1 aliphatic rings. The molecule has 0 amide bonds. The molecule has 1 aromatic carbocycles. The fourth-order valence-corrected chi connectivity index (χ4v) is 2.72. The Morgan fingerprint density at radius 1 is 1.29 bits per heavy atom. The van der Waals surface area contributed by atoms with E-state index in [0.717, 1.165) is 25.6 Å². The molecule has 1 atom stereocenters. The predicted octanol–water partition coefficient (Wildman–Crippen LogP) is 2.64. The van der Waals surface area contributed by atoms with E-state index in [9.17, 15) is 0 Å². The second kappa shape index (κ2) is 5.19. The number of hydrogen-bond donors (Lipinski definition) is 1. The Labute approximate surface area is 105 Å². The van der Waals surface area contributed by atoms with Crippen molar-refractivity contribution in [1.29, 1.82) is 0 Å². The smallest absolute Gasteiger partial charge is 0.0335 e. The third-order valence-corrected chi connectivity index (χ3v) is 4.19. The van der Waals surface area contributed by atoms with E-state index >= 15 is 0 Å². The van der Waals surface area contributed by atoms with E-state index in [2.05, 4.69) is 49.1 Å². The topological polar surface area (TPSA) is 29.3 Å². The minimum atomic E-state index is 0.185. The Morgan fingerprint density at radius 2 is 1.94 bits per heavy atom. The lowest BCUT2D eigenvalue weighted by Gasteiger charge is -2.40. The highest BCUT2D eigenvalue weighted by Crippen LogP contribution is 2.42. The summed E-state index contributed by atoms with van der Waals surface area (Å²) in [4.78, 5) is 2.54. The van der Waals surface area contributed by atoms with Gasteiger partial charge in [-0.05, 0) is 37.8 Å². The Kier molecular flexibility index (Phi) is 3.85. The lowest BCUT2D eigenvalue weighted by Crippen LogP contribution is -2.52. The summed E-state index contributed by atoms with van der Waals surface area (Å²) >= 11 is 0. The van der Waals surface area contributed by atoms with Crippen LogP contribution in [-0.2, 0) is 6.54 Å². The van der Waals surface area contributed by atoms with Gasteiger partial charge in [0.15, 0.2) is 0 Å². The van der Waals surface area contributed by atoms with Crippen LogP contribution in [0.15, 0.2) is 30.3 Å². The quantitative estimate of drug-likeness (QED) is 0.817. The highest BCUT2D eigenvalue weighted by atomic mass is 15.2. The molecule has 0 radical (unpaired) electrons. The van der Waals surface area contributed by atoms with Crippen molar-refractivity contribution in [2.75, 3.05) is 13.1 Å². The molecule has 2 rings (SSSR count). The molecule has 1 aliphatic carbocycles. The molecule has 2 nitrogen and oxygen atoms in total. The number of hydrogen-bond acceptors (Lipinski definition) is 2. The molecule has 1 aromatic rings. The van der Waals surface area contributed by atoms with Crippen molar-refractivity contribution in [2.45, 2.75) is 38.8 Å². The molecule has 0 saturated heterocycles. The molecule has 2 N–H and O–H groups in total. The third-order valence-electron chi connectivity index (χ3n) is 4.19. The Morgan fingerprint density at radius 3 is 2.41 bits per heavy atom.